The van der Waals surface area contributed by atoms with Gasteiger partial charge in [-0.2, -0.15) is 0 Å². The lowest BCUT2D eigenvalue weighted by Crippen LogP contribution is -2.67. The molecule has 0 unspecified atom stereocenters. The van der Waals surface area contributed by atoms with Crippen LogP contribution in [0.25, 0.3) is 0 Å². The number of ketones is 1. The first kappa shape index (κ1) is 30.3. The maximum Gasteiger partial charge on any atom is 0.315 e. The molecular formula is C34H51NO6. The predicted octanol–water partition coefficient (Wildman–Crippen LogP) is 6.10. The summed E-state index contributed by atoms with van der Waals surface area (Å²) < 4.78 is 4.69. The molecule has 0 heterocycles. The van der Waals surface area contributed by atoms with E-state index in [1.165, 1.54) is 12.7 Å². The second-order valence-electron chi connectivity index (χ2n) is 16.3. The first-order valence-corrected chi connectivity index (χ1v) is 15.7. The molecule has 0 radical (unpaired) electrons. The van der Waals surface area contributed by atoms with Crippen molar-refractivity contribution in [2.75, 3.05) is 7.11 Å². The average Bonchev–Trinajstić information content (AvgIpc) is 2.87. The molecule has 0 aromatic rings. The number of rotatable bonds is 4. The summed E-state index contributed by atoms with van der Waals surface area (Å²) in [4.78, 5) is 51.2. The first-order valence-electron chi connectivity index (χ1n) is 15.7. The van der Waals surface area contributed by atoms with E-state index in [2.05, 4.69) is 51.6 Å². The summed E-state index contributed by atoms with van der Waals surface area (Å²) in [6, 6.07) is -0.0752. The Bertz CT molecular complexity index is 1210. The Morgan fingerprint density at radius 3 is 2.24 bits per heavy atom. The molecule has 5 aliphatic carbocycles. The molecule has 1 amide bonds. The number of carbonyl (C=O) groups excluding carboxylic acids is 3. The third-order valence-electron chi connectivity index (χ3n) is 14.0. The number of hydrogen-bond acceptors (Lipinski definition) is 5. The van der Waals surface area contributed by atoms with Crippen molar-refractivity contribution in [2.24, 2.45) is 50.2 Å². The summed E-state index contributed by atoms with van der Waals surface area (Å²) in [6.45, 7) is 15.7. The minimum absolute atomic E-state index is 0.0351. The molecule has 9 atom stereocenters. The van der Waals surface area contributed by atoms with E-state index in [9.17, 15) is 24.3 Å². The molecule has 0 aromatic carbocycles. The van der Waals surface area contributed by atoms with E-state index < -0.39 is 17.4 Å². The summed E-state index contributed by atoms with van der Waals surface area (Å²) in [6.07, 6.45) is 9.51. The van der Waals surface area contributed by atoms with Crippen LogP contribution in [0.3, 0.4) is 0 Å². The minimum Gasteiger partial charge on any atom is -0.481 e. The van der Waals surface area contributed by atoms with E-state index in [0.29, 0.717) is 12.8 Å². The van der Waals surface area contributed by atoms with Gasteiger partial charge < -0.3 is 15.2 Å². The van der Waals surface area contributed by atoms with Gasteiger partial charge in [-0.3, -0.25) is 19.2 Å². The van der Waals surface area contributed by atoms with Crippen molar-refractivity contribution in [3.05, 3.63) is 11.6 Å². The van der Waals surface area contributed by atoms with E-state index in [1.54, 1.807) is 0 Å². The smallest absolute Gasteiger partial charge is 0.315 e. The highest BCUT2D eigenvalue weighted by Crippen LogP contribution is 2.75. The normalized spacial score (nSPS) is 46.5. The van der Waals surface area contributed by atoms with Crippen LogP contribution in [0, 0.1) is 50.2 Å². The average molecular weight is 570 g/mol. The lowest BCUT2D eigenvalue weighted by molar-refractivity contribution is -0.190. The molecule has 41 heavy (non-hydrogen) atoms. The van der Waals surface area contributed by atoms with Crippen LogP contribution >= 0.6 is 0 Å². The van der Waals surface area contributed by atoms with Crippen LogP contribution in [0.15, 0.2) is 11.6 Å². The number of nitrogens with one attached hydrogen (secondary N) is 1. The van der Waals surface area contributed by atoms with Crippen LogP contribution in [-0.4, -0.2) is 41.9 Å². The number of allylic oxidation sites excluding steroid dienone is 2. The number of methoxy groups -OCH3 is 1. The Labute approximate surface area is 245 Å². The zero-order chi connectivity index (χ0) is 30.4. The maximum atomic E-state index is 14.5. The molecular weight excluding hydrogens is 518 g/mol. The summed E-state index contributed by atoms with van der Waals surface area (Å²) in [7, 11) is 1.29. The Morgan fingerprint density at radius 1 is 0.951 bits per heavy atom. The van der Waals surface area contributed by atoms with Crippen molar-refractivity contribution >= 4 is 23.6 Å². The summed E-state index contributed by atoms with van der Waals surface area (Å²) in [5, 5.41) is 13.3. The van der Waals surface area contributed by atoms with Gasteiger partial charge in [0.2, 0.25) is 5.91 Å². The van der Waals surface area contributed by atoms with Gasteiger partial charge in [0.15, 0.2) is 5.78 Å². The van der Waals surface area contributed by atoms with Crippen molar-refractivity contribution in [3.63, 3.8) is 0 Å². The lowest BCUT2D eigenvalue weighted by atomic mass is 9.33. The summed E-state index contributed by atoms with van der Waals surface area (Å²) in [5.41, 5.74) is -0.326. The van der Waals surface area contributed by atoms with Gasteiger partial charge in [0.05, 0.1) is 12.5 Å². The maximum absolute atomic E-state index is 14.5. The van der Waals surface area contributed by atoms with Crippen molar-refractivity contribution in [1.29, 1.82) is 0 Å². The minimum atomic E-state index is -0.756. The summed E-state index contributed by atoms with van der Waals surface area (Å²) >= 11 is 0. The topological polar surface area (TPSA) is 110 Å². The van der Waals surface area contributed by atoms with Gasteiger partial charge in [0.1, 0.15) is 6.42 Å². The van der Waals surface area contributed by atoms with Gasteiger partial charge in [-0.15, -0.1) is 0 Å². The number of carboxylic acids is 1. The number of carbonyl (C=O) groups is 4. The number of hydrogen-bond donors (Lipinski definition) is 2. The van der Waals surface area contributed by atoms with Gasteiger partial charge in [-0.05, 0) is 110 Å². The number of carboxylic acid groups (broad SMARTS) is 1. The number of fused-ring (bicyclic) bond motifs is 7. The fourth-order valence-electron chi connectivity index (χ4n) is 11.1. The van der Waals surface area contributed by atoms with Crippen LogP contribution in [0.4, 0.5) is 0 Å². The van der Waals surface area contributed by atoms with Crippen molar-refractivity contribution < 1.29 is 29.0 Å². The molecule has 0 aliphatic heterocycles. The van der Waals surface area contributed by atoms with E-state index in [1.807, 2.05) is 13.0 Å². The Balaban J connectivity index is 1.50. The lowest BCUT2D eigenvalue weighted by Gasteiger charge is -2.70. The monoisotopic (exact) mass is 569 g/mol. The van der Waals surface area contributed by atoms with E-state index in [-0.39, 0.29) is 69.0 Å². The molecule has 0 saturated heterocycles. The molecule has 0 spiro atoms. The zero-order valence-electron chi connectivity index (χ0n) is 26.4. The van der Waals surface area contributed by atoms with E-state index >= 15 is 0 Å². The first-order chi connectivity index (χ1) is 18.9. The third kappa shape index (κ3) is 4.17. The Morgan fingerprint density at radius 2 is 1.61 bits per heavy atom. The molecule has 7 heteroatoms. The summed E-state index contributed by atoms with van der Waals surface area (Å²) in [5.74, 6) is -1.10. The second kappa shape index (κ2) is 9.41. The standard InChI is InChI=1S/C34H51NO6/c1-29(2)23-9-12-34(7)27(32(23,5)11-10-24(29)35-25(37)18-26(38)41-8)22(36)17-20-21-19-31(4,28(39)40)14-13-30(21,3)15-16-33(20,34)6/h17,21,23-24,27H,9-16,18-19H2,1-8H3,(H,35,37)(H,39,40)/t21-,23-,24-,27+,30+,31-,32-,33+,34+/m0/s1. The second-order valence-corrected chi connectivity index (χ2v) is 16.3. The molecule has 4 fully saturated rings. The molecule has 7 nitrogen and oxygen atoms in total. The molecule has 5 aliphatic rings. The van der Waals surface area contributed by atoms with Crippen LogP contribution in [0.1, 0.15) is 113 Å². The fraction of sp³-hybridized carbons (Fsp3) is 0.824. The number of amides is 1. The molecule has 0 bridgehead atoms. The van der Waals surface area contributed by atoms with Crippen molar-refractivity contribution in [2.45, 2.75) is 119 Å². The van der Waals surface area contributed by atoms with E-state index in [0.717, 1.165) is 44.9 Å². The van der Waals surface area contributed by atoms with Gasteiger partial charge in [-0.1, -0.05) is 47.1 Å². The molecule has 0 aromatic heterocycles. The predicted molar refractivity (Wildman–Crippen MR) is 156 cm³/mol. The largest absolute Gasteiger partial charge is 0.481 e. The van der Waals surface area contributed by atoms with Gasteiger partial charge in [0, 0.05) is 12.0 Å². The molecule has 4 saturated carbocycles. The van der Waals surface area contributed by atoms with Crippen LogP contribution in [0.2, 0.25) is 0 Å². The quantitative estimate of drug-likeness (QED) is 0.313. The Hall–Kier alpha value is -2.18. The number of aliphatic carboxylic acids is 1. The number of ether oxygens (including phenoxy) is 1. The van der Waals surface area contributed by atoms with Crippen LogP contribution in [-0.2, 0) is 23.9 Å². The van der Waals surface area contributed by atoms with Crippen LogP contribution < -0.4 is 5.32 Å². The fourth-order valence-corrected chi connectivity index (χ4v) is 11.1. The van der Waals surface area contributed by atoms with Gasteiger partial charge in [0.25, 0.3) is 0 Å². The SMILES string of the molecule is COC(=O)CC(=O)N[C@H]1CC[C@]2(C)[C@H]3C(=O)C=C4[C@@H]5C[C@@](C)(C(=O)O)CC[C@]5(C)CC[C@@]4(C)[C@]3(C)CC[C@H]2C1(C)C. The third-order valence-corrected chi connectivity index (χ3v) is 14.0. The van der Waals surface area contributed by atoms with Crippen LogP contribution in [0.5, 0.6) is 0 Å². The number of esters is 1. The highest BCUT2D eigenvalue weighted by atomic mass is 16.5. The van der Waals surface area contributed by atoms with Gasteiger partial charge in [-0.25, -0.2) is 0 Å². The highest BCUT2D eigenvalue weighted by Gasteiger charge is 2.70. The van der Waals surface area contributed by atoms with Crippen molar-refractivity contribution in [1.82, 2.24) is 5.32 Å². The molecule has 5 rings (SSSR count). The van der Waals surface area contributed by atoms with E-state index in [4.69, 9.17) is 0 Å². The zero-order valence-corrected chi connectivity index (χ0v) is 26.4. The highest BCUT2D eigenvalue weighted by molar-refractivity contribution is 5.96. The Kier molecular flexibility index (Phi) is 6.95. The van der Waals surface area contributed by atoms with Crippen molar-refractivity contribution in [3.8, 4) is 0 Å². The van der Waals surface area contributed by atoms with Gasteiger partial charge >= 0.3 is 11.9 Å². The molecule has 2 N–H and O–H groups in total. The molecule has 228 valence electrons.